The van der Waals surface area contributed by atoms with Crippen molar-refractivity contribution in [3.05, 3.63) is 35.4 Å². The van der Waals surface area contributed by atoms with Gasteiger partial charge in [0, 0.05) is 6.54 Å². The van der Waals surface area contributed by atoms with Gasteiger partial charge in [-0.05, 0) is 19.4 Å². The van der Waals surface area contributed by atoms with Gasteiger partial charge in [-0.2, -0.15) is 0 Å². The predicted octanol–water partition coefficient (Wildman–Crippen LogP) is 1.32. The first-order valence-corrected chi connectivity index (χ1v) is 5.94. The third-order valence-electron chi connectivity index (χ3n) is 3.01. The maximum atomic E-state index is 11.8. The maximum absolute atomic E-state index is 11.8. The van der Waals surface area contributed by atoms with Gasteiger partial charge in [-0.25, -0.2) is 5.43 Å². The molecule has 1 heterocycles. The number of hydrogen-bond acceptors (Lipinski definition) is 4. The number of ether oxygens (including phenoxy) is 1. The summed E-state index contributed by atoms with van der Waals surface area (Å²) >= 11 is 0. The molecule has 4 nitrogen and oxygen atoms in total. The lowest BCUT2D eigenvalue weighted by atomic mass is 9.94. The van der Waals surface area contributed by atoms with Gasteiger partial charge in [0.25, 0.3) is 0 Å². The highest BCUT2D eigenvalue weighted by Gasteiger charge is 2.34. The van der Waals surface area contributed by atoms with Gasteiger partial charge < -0.3 is 4.74 Å². The topological polar surface area (TPSA) is 50.4 Å². The highest BCUT2D eigenvalue weighted by molar-refractivity contribution is 5.74. The summed E-state index contributed by atoms with van der Waals surface area (Å²) in [5.74, 6) is -0.298. The first-order valence-electron chi connectivity index (χ1n) is 5.94. The number of benzene rings is 1. The van der Waals surface area contributed by atoms with E-state index in [0.29, 0.717) is 13.2 Å². The molecule has 0 aromatic heterocycles. The van der Waals surface area contributed by atoms with E-state index in [1.807, 2.05) is 26.0 Å². The summed E-state index contributed by atoms with van der Waals surface area (Å²) in [5, 5.41) is 0. The van der Waals surface area contributed by atoms with Gasteiger partial charge in [0.15, 0.2) is 0 Å². The van der Waals surface area contributed by atoms with Gasteiger partial charge in [0.1, 0.15) is 0 Å². The van der Waals surface area contributed by atoms with Crippen LogP contribution in [0.5, 0.6) is 0 Å². The van der Waals surface area contributed by atoms with Gasteiger partial charge in [-0.15, -0.1) is 0 Å². The molecular formula is C13H18N2O2. The molecule has 1 fully saturated rings. The SMILES string of the molecule is CCOC(=O)C1CNNC1c1ccc(C)cc1. The van der Waals surface area contributed by atoms with Crippen LogP contribution >= 0.6 is 0 Å². The summed E-state index contributed by atoms with van der Waals surface area (Å²) in [6.07, 6.45) is 0. The number of rotatable bonds is 3. The first-order chi connectivity index (χ1) is 8.22. The number of carbonyl (C=O) groups is 1. The Morgan fingerprint density at radius 2 is 2.12 bits per heavy atom. The van der Waals surface area contributed by atoms with E-state index < -0.39 is 0 Å². The molecule has 0 amide bonds. The second kappa shape index (κ2) is 5.29. The summed E-state index contributed by atoms with van der Waals surface area (Å²) in [6, 6.07) is 8.20. The van der Waals surface area contributed by atoms with E-state index in [1.54, 1.807) is 0 Å². The summed E-state index contributed by atoms with van der Waals surface area (Å²) in [4.78, 5) is 11.8. The van der Waals surface area contributed by atoms with E-state index in [-0.39, 0.29) is 17.9 Å². The summed E-state index contributed by atoms with van der Waals surface area (Å²) in [5.41, 5.74) is 8.48. The van der Waals surface area contributed by atoms with Crippen molar-refractivity contribution in [2.45, 2.75) is 19.9 Å². The van der Waals surface area contributed by atoms with Crippen molar-refractivity contribution >= 4 is 5.97 Å². The van der Waals surface area contributed by atoms with Crippen molar-refractivity contribution in [3.63, 3.8) is 0 Å². The summed E-state index contributed by atoms with van der Waals surface area (Å²) < 4.78 is 5.08. The van der Waals surface area contributed by atoms with Gasteiger partial charge in [-0.1, -0.05) is 29.8 Å². The third kappa shape index (κ3) is 2.65. The van der Waals surface area contributed by atoms with Crippen LogP contribution in [0.1, 0.15) is 24.1 Å². The smallest absolute Gasteiger partial charge is 0.312 e. The van der Waals surface area contributed by atoms with Crippen LogP contribution in [-0.4, -0.2) is 19.1 Å². The molecule has 1 saturated heterocycles. The van der Waals surface area contributed by atoms with E-state index in [4.69, 9.17) is 4.74 Å². The monoisotopic (exact) mass is 234 g/mol. The molecule has 0 bridgehead atoms. The Bertz CT molecular complexity index is 389. The average Bonchev–Trinajstić information content (AvgIpc) is 2.79. The van der Waals surface area contributed by atoms with Crippen molar-refractivity contribution in [1.29, 1.82) is 0 Å². The largest absolute Gasteiger partial charge is 0.466 e. The number of nitrogens with one attached hydrogen (secondary N) is 2. The zero-order valence-electron chi connectivity index (χ0n) is 10.2. The van der Waals surface area contributed by atoms with Gasteiger partial charge in [-0.3, -0.25) is 10.2 Å². The molecule has 0 aliphatic carbocycles. The van der Waals surface area contributed by atoms with E-state index in [2.05, 4.69) is 23.0 Å². The van der Waals surface area contributed by atoms with E-state index >= 15 is 0 Å². The normalized spacial score (nSPS) is 23.6. The molecule has 1 aromatic rings. The van der Waals surface area contributed by atoms with Crippen molar-refractivity contribution in [2.75, 3.05) is 13.2 Å². The molecule has 0 radical (unpaired) electrons. The Balaban J connectivity index is 2.14. The Kier molecular flexibility index (Phi) is 3.76. The number of carbonyl (C=O) groups excluding carboxylic acids is 1. The molecule has 2 N–H and O–H groups in total. The fraction of sp³-hybridized carbons (Fsp3) is 0.462. The van der Waals surface area contributed by atoms with Crippen molar-refractivity contribution in [1.82, 2.24) is 10.9 Å². The Labute approximate surface area is 101 Å². The Morgan fingerprint density at radius 1 is 1.41 bits per heavy atom. The van der Waals surface area contributed by atoms with Crippen molar-refractivity contribution in [2.24, 2.45) is 5.92 Å². The molecule has 0 saturated carbocycles. The lowest BCUT2D eigenvalue weighted by Crippen LogP contribution is -2.27. The molecule has 2 atom stereocenters. The van der Waals surface area contributed by atoms with Crippen LogP contribution in [0.15, 0.2) is 24.3 Å². The van der Waals surface area contributed by atoms with Crippen molar-refractivity contribution in [3.8, 4) is 0 Å². The fourth-order valence-electron chi connectivity index (χ4n) is 2.06. The molecule has 2 rings (SSSR count). The molecule has 1 aliphatic heterocycles. The molecule has 17 heavy (non-hydrogen) atoms. The quantitative estimate of drug-likeness (QED) is 0.775. The Morgan fingerprint density at radius 3 is 2.76 bits per heavy atom. The zero-order chi connectivity index (χ0) is 12.3. The second-order valence-corrected chi connectivity index (χ2v) is 4.27. The molecular weight excluding hydrogens is 216 g/mol. The molecule has 0 spiro atoms. The minimum absolute atomic E-state index is 0.00495. The van der Waals surface area contributed by atoms with Crippen LogP contribution in [0.4, 0.5) is 0 Å². The lowest BCUT2D eigenvalue weighted by molar-refractivity contribution is -0.147. The van der Waals surface area contributed by atoms with Crippen molar-refractivity contribution < 1.29 is 9.53 Å². The van der Waals surface area contributed by atoms with Crippen LogP contribution < -0.4 is 10.9 Å². The number of aryl methyl sites for hydroxylation is 1. The average molecular weight is 234 g/mol. The van der Waals surface area contributed by atoms with E-state index in [1.165, 1.54) is 5.56 Å². The summed E-state index contributed by atoms with van der Waals surface area (Å²) in [6.45, 7) is 4.91. The zero-order valence-corrected chi connectivity index (χ0v) is 10.2. The van der Waals surface area contributed by atoms with Crippen LogP contribution in [0.3, 0.4) is 0 Å². The fourth-order valence-corrected chi connectivity index (χ4v) is 2.06. The third-order valence-corrected chi connectivity index (χ3v) is 3.01. The van der Waals surface area contributed by atoms with Gasteiger partial charge in [0.2, 0.25) is 0 Å². The Hall–Kier alpha value is -1.39. The predicted molar refractivity (Wildman–Crippen MR) is 65.2 cm³/mol. The van der Waals surface area contributed by atoms with Crippen LogP contribution in [0.25, 0.3) is 0 Å². The van der Waals surface area contributed by atoms with E-state index in [0.717, 1.165) is 5.56 Å². The second-order valence-electron chi connectivity index (χ2n) is 4.27. The van der Waals surface area contributed by atoms with Crippen LogP contribution in [0.2, 0.25) is 0 Å². The molecule has 4 heteroatoms. The minimum atomic E-state index is -0.155. The number of esters is 1. The number of hydrogen-bond donors (Lipinski definition) is 2. The first kappa shape index (κ1) is 12.1. The maximum Gasteiger partial charge on any atom is 0.312 e. The van der Waals surface area contributed by atoms with E-state index in [9.17, 15) is 4.79 Å². The standard InChI is InChI=1S/C13H18N2O2/c1-3-17-13(16)11-8-14-15-12(11)10-6-4-9(2)5-7-10/h4-7,11-12,14-15H,3,8H2,1-2H3. The lowest BCUT2D eigenvalue weighted by Gasteiger charge is -2.17. The number of hydrazine groups is 1. The minimum Gasteiger partial charge on any atom is -0.466 e. The molecule has 1 aliphatic rings. The van der Waals surface area contributed by atoms with Gasteiger partial charge in [0.05, 0.1) is 18.6 Å². The highest BCUT2D eigenvalue weighted by atomic mass is 16.5. The van der Waals surface area contributed by atoms with Gasteiger partial charge >= 0.3 is 5.97 Å². The highest BCUT2D eigenvalue weighted by Crippen LogP contribution is 2.26. The molecule has 2 unspecified atom stereocenters. The van der Waals surface area contributed by atoms with Crippen LogP contribution in [0, 0.1) is 12.8 Å². The van der Waals surface area contributed by atoms with Crippen LogP contribution in [-0.2, 0) is 9.53 Å². The molecule has 92 valence electrons. The summed E-state index contributed by atoms with van der Waals surface area (Å²) in [7, 11) is 0. The molecule has 1 aromatic carbocycles.